The second kappa shape index (κ2) is 7.83. The van der Waals surface area contributed by atoms with E-state index >= 15 is 0 Å². The van der Waals surface area contributed by atoms with Gasteiger partial charge in [-0.2, -0.15) is 0 Å². The van der Waals surface area contributed by atoms with Crippen LogP contribution >= 0.6 is 0 Å². The molecule has 0 aliphatic heterocycles. The van der Waals surface area contributed by atoms with Gasteiger partial charge in [-0.1, -0.05) is 18.2 Å². The third-order valence-electron chi connectivity index (χ3n) is 2.88. The summed E-state index contributed by atoms with van der Waals surface area (Å²) in [6.45, 7) is -0.552. The summed E-state index contributed by atoms with van der Waals surface area (Å²) >= 11 is 0. The summed E-state index contributed by atoms with van der Waals surface area (Å²) in [5, 5.41) is 0. The molecule has 0 saturated heterocycles. The lowest BCUT2D eigenvalue weighted by molar-refractivity contribution is -0.144. The van der Waals surface area contributed by atoms with Gasteiger partial charge in [0, 0.05) is 5.56 Å². The quantitative estimate of drug-likeness (QED) is 0.581. The van der Waals surface area contributed by atoms with E-state index in [0.717, 1.165) is 0 Å². The van der Waals surface area contributed by atoms with E-state index in [1.165, 1.54) is 0 Å². The predicted octanol–water partition coefficient (Wildman–Crippen LogP) is 2.50. The van der Waals surface area contributed by atoms with E-state index in [1.54, 1.807) is 55.6 Å². The van der Waals surface area contributed by atoms with Crippen LogP contribution in [0.15, 0.2) is 54.6 Å². The Morgan fingerprint density at radius 2 is 1.55 bits per heavy atom. The summed E-state index contributed by atoms with van der Waals surface area (Å²) in [5.74, 6) is 0.354. The molecule has 0 heterocycles. The third kappa shape index (κ3) is 4.63. The Kier molecular flexibility index (Phi) is 5.54. The molecule has 5 nitrogen and oxygen atoms in total. The Morgan fingerprint density at radius 3 is 2.18 bits per heavy atom. The summed E-state index contributed by atoms with van der Waals surface area (Å²) in [4.78, 5) is 23.4. The van der Waals surface area contributed by atoms with Crippen LogP contribution in [0, 0.1) is 0 Å². The number of ketones is 1. The van der Waals surface area contributed by atoms with Crippen molar-refractivity contribution in [3.63, 3.8) is 0 Å². The maximum atomic E-state index is 11.9. The zero-order valence-corrected chi connectivity index (χ0v) is 12.2. The highest BCUT2D eigenvalue weighted by Gasteiger charge is 2.10. The summed E-state index contributed by atoms with van der Waals surface area (Å²) in [6.07, 6.45) is 0. The molecule has 2 rings (SSSR count). The molecule has 5 heteroatoms. The predicted molar refractivity (Wildman–Crippen MR) is 80.2 cm³/mol. The first-order valence-corrected chi connectivity index (χ1v) is 6.70. The van der Waals surface area contributed by atoms with Crippen LogP contribution < -0.4 is 9.47 Å². The van der Waals surface area contributed by atoms with Gasteiger partial charge in [-0.25, -0.2) is 4.79 Å². The second-order valence-corrected chi connectivity index (χ2v) is 4.41. The number of esters is 1. The highest BCUT2D eigenvalue weighted by molar-refractivity contribution is 5.98. The van der Waals surface area contributed by atoms with Gasteiger partial charge < -0.3 is 14.2 Å². The van der Waals surface area contributed by atoms with Crippen LogP contribution in [0.3, 0.4) is 0 Å². The highest BCUT2D eigenvalue weighted by Crippen LogP contribution is 2.12. The lowest BCUT2D eigenvalue weighted by Crippen LogP contribution is -2.19. The lowest BCUT2D eigenvalue weighted by Gasteiger charge is -2.07. The number of para-hydroxylation sites is 1. The number of hydrogen-bond acceptors (Lipinski definition) is 5. The maximum absolute atomic E-state index is 11.9. The Labute approximate surface area is 128 Å². The number of benzene rings is 2. The normalized spacial score (nSPS) is 9.86. The first kappa shape index (κ1) is 15.6. The number of hydrogen-bond donors (Lipinski definition) is 0. The zero-order chi connectivity index (χ0) is 15.8. The van der Waals surface area contributed by atoms with E-state index in [9.17, 15) is 9.59 Å². The fraction of sp³-hybridized carbons (Fsp3) is 0.176. The standard InChI is InChI=1S/C17H16O5/c1-20-14-9-7-13(8-10-14)16(18)11-22-17(19)12-21-15-5-3-2-4-6-15/h2-10H,11-12H2,1H3. The minimum absolute atomic E-state index is 0.236. The Morgan fingerprint density at radius 1 is 0.864 bits per heavy atom. The molecule has 0 atom stereocenters. The van der Waals surface area contributed by atoms with E-state index in [1.807, 2.05) is 6.07 Å². The van der Waals surface area contributed by atoms with Gasteiger partial charge in [-0.15, -0.1) is 0 Å². The van der Waals surface area contributed by atoms with Crippen molar-refractivity contribution in [2.24, 2.45) is 0 Å². The Hall–Kier alpha value is -2.82. The molecule has 0 unspecified atom stereocenters. The third-order valence-corrected chi connectivity index (χ3v) is 2.88. The molecule has 0 fully saturated rings. The Bertz CT molecular complexity index is 619. The van der Waals surface area contributed by atoms with Gasteiger partial charge in [0.05, 0.1) is 7.11 Å². The minimum atomic E-state index is -0.592. The van der Waals surface area contributed by atoms with E-state index in [4.69, 9.17) is 14.2 Å². The summed E-state index contributed by atoms with van der Waals surface area (Å²) in [7, 11) is 1.55. The number of Topliss-reactive ketones (excluding diaryl/α,β-unsaturated/α-hetero) is 1. The SMILES string of the molecule is COc1ccc(C(=O)COC(=O)COc2ccccc2)cc1. The van der Waals surface area contributed by atoms with Crippen molar-refractivity contribution < 1.29 is 23.8 Å². The van der Waals surface area contributed by atoms with Crippen LogP contribution in [0.25, 0.3) is 0 Å². The van der Waals surface area contributed by atoms with Gasteiger partial charge in [-0.05, 0) is 36.4 Å². The van der Waals surface area contributed by atoms with E-state index in [-0.39, 0.29) is 19.0 Å². The molecule has 0 saturated carbocycles. The largest absolute Gasteiger partial charge is 0.497 e. The molecule has 0 aliphatic carbocycles. The number of carbonyl (C=O) groups is 2. The lowest BCUT2D eigenvalue weighted by atomic mass is 10.1. The molecule has 0 spiro atoms. The monoisotopic (exact) mass is 300 g/mol. The van der Waals surface area contributed by atoms with Crippen molar-refractivity contribution in [1.29, 1.82) is 0 Å². The van der Waals surface area contributed by atoms with Crippen molar-refractivity contribution in [3.8, 4) is 11.5 Å². The van der Waals surface area contributed by atoms with Crippen LogP contribution in [-0.2, 0) is 9.53 Å². The topological polar surface area (TPSA) is 61.8 Å². The molecular formula is C17H16O5. The number of ether oxygens (including phenoxy) is 3. The summed E-state index contributed by atoms with van der Waals surface area (Å²) in [5.41, 5.74) is 0.456. The molecule has 2 aromatic carbocycles. The first-order valence-electron chi connectivity index (χ1n) is 6.70. The molecule has 0 aliphatic rings. The van der Waals surface area contributed by atoms with E-state index < -0.39 is 5.97 Å². The number of methoxy groups -OCH3 is 1. The van der Waals surface area contributed by atoms with Crippen molar-refractivity contribution in [2.75, 3.05) is 20.3 Å². The minimum Gasteiger partial charge on any atom is -0.497 e. The fourth-order valence-electron chi connectivity index (χ4n) is 1.71. The molecule has 0 aromatic heterocycles. The zero-order valence-electron chi connectivity index (χ0n) is 12.2. The maximum Gasteiger partial charge on any atom is 0.344 e. The summed E-state index contributed by atoms with van der Waals surface area (Å²) in [6, 6.07) is 15.5. The van der Waals surface area contributed by atoms with Gasteiger partial charge in [0.1, 0.15) is 11.5 Å². The van der Waals surface area contributed by atoms with Crippen LogP contribution in [0.4, 0.5) is 0 Å². The molecule has 2 aromatic rings. The smallest absolute Gasteiger partial charge is 0.344 e. The molecule has 0 radical (unpaired) electrons. The molecule has 0 bridgehead atoms. The van der Waals surface area contributed by atoms with Crippen molar-refractivity contribution >= 4 is 11.8 Å². The van der Waals surface area contributed by atoms with Gasteiger partial charge in [-0.3, -0.25) is 4.79 Å². The number of carbonyl (C=O) groups excluding carboxylic acids is 2. The molecule has 22 heavy (non-hydrogen) atoms. The number of rotatable bonds is 7. The van der Waals surface area contributed by atoms with Crippen molar-refractivity contribution in [2.45, 2.75) is 0 Å². The average molecular weight is 300 g/mol. The molecule has 0 N–H and O–H groups in total. The van der Waals surface area contributed by atoms with Gasteiger partial charge in [0.15, 0.2) is 19.0 Å². The Balaban J connectivity index is 1.76. The molecule has 0 amide bonds. The highest BCUT2D eigenvalue weighted by atomic mass is 16.6. The second-order valence-electron chi connectivity index (χ2n) is 4.41. The first-order chi connectivity index (χ1) is 10.7. The van der Waals surface area contributed by atoms with Crippen molar-refractivity contribution in [3.05, 3.63) is 60.2 Å². The average Bonchev–Trinajstić information content (AvgIpc) is 2.58. The fourth-order valence-corrected chi connectivity index (χ4v) is 1.71. The molecular weight excluding hydrogens is 284 g/mol. The van der Waals surface area contributed by atoms with Crippen LogP contribution in [-0.4, -0.2) is 32.1 Å². The molecule has 114 valence electrons. The van der Waals surface area contributed by atoms with Gasteiger partial charge >= 0.3 is 5.97 Å². The van der Waals surface area contributed by atoms with Crippen molar-refractivity contribution in [1.82, 2.24) is 0 Å². The van der Waals surface area contributed by atoms with Crippen LogP contribution in [0.1, 0.15) is 10.4 Å². The van der Waals surface area contributed by atoms with Crippen LogP contribution in [0.2, 0.25) is 0 Å². The van der Waals surface area contributed by atoms with Crippen LogP contribution in [0.5, 0.6) is 11.5 Å². The van der Waals surface area contributed by atoms with E-state index in [2.05, 4.69) is 0 Å². The van der Waals surface area contributed by atoms with Gasteiger partial charge in [0.2, 0.25) is 0 Å². The summed E-state index contributed by atoms with van der Waals surface area (Å²) < 4.78 is 15.1. The van der Waals surface area contributed by atoms with E-state index in [0.29, 0.717) is 17.1 Å². The van der Waals surface area contributed by atoms with Gasteiger partial charge in [0.25, 0.3) is 0 Å².